The molecule has 0 spiro atoms. The smallest absolute Gasteiger partial charge is 0.0550 e. The van der Waals surface area contributed by atoms with E-state index >= 15 is 0 Å². The molecule has 0 amide bonds. The first-order valence-electron chi connectivity index (χ1n) is 9.88. The van der Waals surface area contributed by atoms with Gasteiger partial charge >= 0.3 is 0 Å². The number of benzene rings is 5. The van der Waals surface area contributed by atoms with Crippen molar-refractivity contribution in [1.29, 1.82) is 0 Å². The molecule has 6 rings (SSSR count). The summed E-state index contributed by atoms with van der Waals surface area (Å²) in [5.74, 6) is 0. The van der Waals surface area contributed by atoms with E-state index in [2.05, 4.69) is 102 Å². The van der Waals surface area contributed by atoms with Crippen LogP contribution in [-0.4, -0.2) is 4.98 Å². The summed E-state index contributed by atoms with van der Waals surface area (Å²) in [6, 6.07) is 39.6. The molecule has 0 aliphatic heterocycles. The Kier molecular flexibility index (Phi) is 3.54. The second kappa shape index (κ2) is 6.35. The molecule has 0 atom stereocenters. The van der Waals surface area contributed by atoms with Gasteiger partial charge in [-0.15, -0.1) is 0 Å². The minimum Gasteiger partial charge on any atom is -0.354 e. The maximum absolute atomic E-state index is 3.69. The molecule has 0 unspecified atom stereocenters. The summed E-state index contributed by atoms with van der Waals surface area (Å²) in [7, 11) is 0. The third-order valence-electron chi connectivity index (χ3n) is 5.77. The number of fused-ring (bicyclic) bond motifs is 4. The zero-order valence-corrected chi connectivity index (χ0v) is 15.8. The molecule has 0 aliphatic carbocycles. The second-order valence-corrected chi connectivity index (χ2v) is 7.40. The van der Waals surface area contributed by atoms with Crippen LogP contribution in [-0.2, 0) is 0 Å². The fourth-order valence-corrected chi connectivity index (χ4v) is 4.46. The second-order valence-electron chi connectivity index (χ2n) is 7.40. The maximum Gasteiger partial charge on any atom is 0.0550 e. The summed E-state index contributed by atoms with van der Waals surface area (Å²) in [5, 5.41) is 5.05. The highest BCUT2D eigenvalue weighted by molar-refractivity contribution is 6.16. The lowest BCUT2D eigenvalue weighted by molar-refractivity contribution is 1.53. The summed E-state index contributed by atoms with van der Waals surface area (Å²) in [6.45, 7) is 0. The highest BCUT2D eigenvalue weighted by Gasteiger charge is 2.16. The third-order valence-corrected chi connectivity index (χ3v) is 5.77. The van der Waals surface area contributed by atoms with Gasteiger partial charge in [0.1, 0.15) is 0 Å². The number of aromatic nitrogens is 1. The van der Waals surface area contributed by atoms with Crippen LogP contribution >= 0.6 is 0 Å². The van der Waals surface area contributed by atoms with Crippen LogP contribution in [0.5, 0.6) is 0 Å². The van der Waals surface area contributed by atoms with E-state index in [9.17, 15) is 0 Å². The van der Waals surface area contributed by atoms with Crippen molar-refractivity contribution in [1.82, 2.24) is 4.98 Å². The SMILES string of the molecule is [c]1ccc(-c2c(-c3cccc4ccccc34)ccc3c2[nH]c2ccccc23)cc1. The van der Waals surface area contributed by atoms with Gasteiger partial charge in [0.05, 0.1) is 5.52 Å². The first-order valence-corrected chi connectivity index (χ1v) is 9.88. The lowest BCUT2D eigenvalue weighted by Gasteiger charge is -2.14. The number of nitrogens with one attached hydrogen (secondary N) is 1. The molecule has 1 radical (unpaired) electrons. The monoisotopic (exact) mass is 368 g/mol. The van der Waals surface area contributed by atoms with Crippen molar-refractivity contribution in [3.8, 4) is 22.3 Å². The van der Waals surface area contributed by atoms with Gasteiger partial charge < -0.3 is 4.98 Å². The Bertz CT molecular complexity index is 1480. The van der Waals surface area contributed by atoms with E-state index in [1.807, 2.05) is 12.1 Å². The van der Waals surface area contributed by atoms with Crippen LogP contribution in [0.25, 0.3) is 54.8 Å². The molecule has 0 aliphatic rings. The molecule has 0 bridgehead atoms. The number of rotatable bonds is 2. The van der Waals surface area contributed by atoms with E-state index in [-0.39, 0.29) is 0 Å². The molecular weight excluding hydrogens is 350 g/mol. The van der Waals surface area contributed by atoms with Crippen molar-refractivity contribution in [2.45, 2.75) is 0 Å². The van der Waals surface area contributed by atoms with Crippen LogP contribution in [0.15, 0.2) is 103 Å². The van der Waals surface area contributed by atoms with Gasteiger partial charge in [-0.2, -0.15) is 0 Å². The molecule has 135 valence electrons. The molecule has 1 aromatic heterocycles. The van der Waals surface area contributed by atoms with E-state index in [1.165, 1.54) is 54.8 Å². The van der Waals surface area contributed by atoms with E-state index in [0.717, 1.165) is 0 Å². The molecule has 5 aromatic carbocycles. The van der Waals surface area contributed by atoms with Gasteiger partial charge in [0.2, 0.25) is 0 Å². The number of hydrogen-bond donors (Lipinski definition) is 1. The average Bonchev–Trinajstić information content (AvgIpc) is 3.17. The molecule has 6 aromatic rings. The van der Waals surface area contributed by atoms with E-state index in [1.54, 1.807) is 0 Å². The highest BCUT2D eigenvalue weighted by Crippen LogP contribution is 2.42. The van der Waals surface area contributed by atoms with Crippen LogP contribution in [0, 0.1) is 6.07 Å². The summed E-state index contributed by atoms with van der Waals surface area (Å²) in [4.78, 5) is 3.69. The average molecular weight is 368 g/mol. The first-order chi connectivity index (χ1) is 14.4. The van der Waals surface area contributed by atoms with Gasteiger partial charge in [-0.3, -0.25) is 0 Å². The largest absolute Gasteiger partial charge is 0.354 e. The van der Waals surface area contributed by atoms with Gasteiger partial charge in [0.15, 0.2) is 0 Å². The molecule has 0 fully saturated rings. The zero-order chi connectivity index (χ0) is 19.2. The van der Waals surface area contributed by atoms with Gasteiger partial charge in [-0.05, 0) is 39.6 Å². The highest BCUT2D eigenvalue weighted by atomic mass is 14.7. The Morgan fingerprint density at radius 3 is 2.21 bits per heavy atom. The Morgan fingerprint density at radius 1 is 0.552 bits per heavy atom. The zero-order valence-electron chi connectivity index (χ0n) is 15.8. The molecule has 1 heterocycles. The van der Waals surface area contributed by atoms with E-state index < -0.39 is 0 Å². The van der Waals surface area contributed by atoms with Crippen molar-refractivity contribution in [2.75, 3.05) is 0 Å². The quantitative estimate of drug-likeness (QED) is 0.324. The maximum atomic E-state index is 3.69. The fraction of sp³-hybridized carbons (Fsp3) is 0. The van der Waals surface area contributed by atoms with Crippen LogP contribution in [0.1, 0.15) is 0 Å². The van der Waals surface area contributed by atoms with Crippen molar-refractivity contribution in [3.05, 3.63) is 109 Å². The number of aromatic amines is 1. The Morgan fingerprint density at radius 2 is 1.31 bits per heavy atom. The van der Waals surface area contributed by atoms with Crippen LogP contribution in [0.2, 0.25) is 0 Å². The first kappa shape index (κ1) is 16.1. The Labute approximate surface area is 169 Å². The summed E-state index contributed by atoms with van der Waals surface area (Å²) >= 11 is 0. The minimum atomic E-state index is 1.17. The topological polar surface area (TPSA) is 15.8 Å². The van der Waals surface area contributed by atoms with Crippen molar-refractivity contribution in [2.24, 2.45) is 0 Å². The van der Waals surface area contributed by atoms with Gasteiger partial charge in [-0.25, -0.2) is 0 Å². The van der Waals surface area contributed by atoms with Crippen LogP contribution < -0.4 is 0 Å². The third kappa shape index (κ3) is 2.48. The molecule has 1 heteroatoms. The molecular formula is C28H18N. The van der Waals surface area contributed by atoms with Gasteiger partial charge in [-0.1, -0.05) is 97.1 Å². The molecule has 1 nitrogen and oxygen atoms in total. The normalized spacial score (nSPS) is 11.4. The lowest BCUT2D eigenvalue weighted by Crippen LogP contribution is -1.89. The summed E-state index contributed by atoms with van der Waals surface area (Å²) in [5.41, 5.74) is 7.29. The van der Waals surface area contributed by atoms with Gasteiger partial charge in [0.25, 0.3) is 0 Å². The van der Waals surface area contributed by atoms with Crippen molar-refractivity contribution in [3.63, 3.8) is 0 Å². The fourth-order valence-electron chi connectivity index (χ4n) is 4.46. The van der Waals surface area contributed by atoms with E-state index in [0.29, 0.717) is 0 Å². The predicted octanol–water partition coefficient (Wildman–Crippen LogP) is 7.61. The summed E-state index contributed by atoms with van der Waals surface area (Å²) < 4.78 is 0. The van der Waals surface area contributed by atoms with Crippen LogP contribution in [0.3, 0.4) is 0 Å². The van der Waals surface area contributed by atoms with Crippen molar-refractivity contribution >= 4 is 32.6 Å². The van der Waals surface area contributed by atoms with Gasteiger partial charge in [0, 0.05) is 21.9 Å². The predicted molar refractivity (Wildman–Crippen MR) is 123 cm³/mol. The summed E-state index contributed by atoms with van der Waals surface area (Å²) in [6.07, 6.45) is 0. The molecule has 1 N–H and O–H groups in total. The van der Waals surface area contributed by atoms with Crippen molar-refractivity contribution < 1.29 is 0 Å². The Balaban J connectivity index is 1.78. The number of hydrogen-bond acceptors (Lipinski definition) is 0. The molecule has 0 saturated carbocycles. The van der Waals surface area contributed by atoms with Crippen LogP contribution in [0.4, 0.5) is 0 Å². The van der Waals surface area contributed by atoms with E-state index in [4.69, 9.17) is 0 Å². The Hall–Kier alpha value is -3.84. The molecule has 0 saturated heterocycles. The standard InChI is InChI=1S/C28H18N/c1-2-10-20(11-3-1)27-24(22-15-8-12-19-9-4-5-13-21(19)22)17-18-25-23-14-6-7-16-26(23)29-28(25)27/h2-18,29H. The lowest BCUT2D eigenvalue weighted by atomic mass is 9.90. The number of H-pyrrole nitrogens is 1. The number of para-hydroxylation sites is 1. The minimum absolute atomic E-state index is 1.17. The molecule has 29 heavy (non-hydrogen) atoms.